The Morgan fingerprint density at radius 3 is 2.54 bits per heavy atom. The summed E-state index contributed by atoms with van der Waals surface area (Å²) in [4.78, 5) is 28.8. The number of carbonyl (C=O) groups is 2. The second-order valence-electron chi connectivity index (χ2n) is 6.70. The second kappa shape index (κ2) is 6.81. The van der Waals surface area contributed by atoms with Crippen LogP contribution in [0.2, 0.25) is 0 Å². The van der Waals surface area contributed by atoms with Crippen molar-refractivity contribution in [3.63, 3.8) is 0 Å². The van der Waals surface area contributed by atoms with E-state index >= 15 is 0 Å². The fraction of sp³-hybridized carbons (Fsp3) is 0.556. The minimum absolute atomic E-state index is 0.0661. The molecule has 2 unspecified atom stereocenters. The Balaban J connectivity index is 1.87. The highest BCUT2D eigenvalue weighted by molar-refractivity contribution is 5.85. The van der Waals surface area contributed by atoms with Gasteiger partial charge in [-0.15, -0.1) is 0 Å². The summed E-state index contributed by atoms with van der Waals surface area (Å²) in [6.07, 6.45) is 1.85. The number of piperidine rings is 1. The van der Waals surface area contributed by atoms with Crippen LogP contribution in [0.5, 0.6) is 5.75 Å². The number of rotatable bonds is 3. The van der Waals surface area contributed by atoms with Crippen LogP contribution in [-0.4, -0.2) is 54.9 Å². The summed E-state index contributed by atoms with van der Waals surface area (Å²) >= 11 is 0. The molecule has 1 aromatic rings. The molecular formula is C18H25N3O3. The molecule has 2 saturated heterocycles. The summed E-state index contributed by atoms with van der Waals surface area (Å²) < 4.78 is 5.20. The Bertz CT molecular complexity index is 616. The average molecular weight is 331 g/mol. The lowest BCUT2D eigenvalue weighted by atomic mass is 9.83. The van der Waals surface area contributed by atoms with Gasteiger partial charge in [0.1, 0.15) is 5.75 Å². The van der Waals surface area contributed by atoms with Crippen molar-refractivity contribution in [3.8, 4) is 5.75 Å². The van der Waals surface area contributed by atoms with Crippen LogP contribution in [0.15, 0.2) is 24.3 Å². The Morgan fingerprint density at radius 2 is 1.96 bits per heavy atom. The van der Waals surface area contributed by atoms with Gasteiger partial charge in [-0.25, -0.2) is 0 Å². The van der Waals surface area contributed by atoms with Gasteiger partial charge in [-0.1, -0.05) is 12.1 Å². The molecule has 2 aliphatic rings. The predicted octanol–water partition coefficient (Wildman–Crippen LogP) is 1.16. The molecule has 0 radical (unpaired) electrons. The first-order chi connectivity index (χ1) is 11.5. The monoisotopic (exact) mass is 331 g/mol. The zero-order valence-electron chi connectivity index (χ0n) is 14.3. The van der Waals surface area contributed by atoms with Gasteiger partial charge >= 0.3 is 0 Å². The molecule has 3 rings (SSSR count). The zero-order chi connectivity index (χ0) is 17.3. The lowest BCUT2D eigenvalue weighted by Crippen LogP contribution is -2.47. The molecule has 6 nitrogen and oxygen atoms in total. The summed E-state index contributed by atoms with van der Waals surface area (Å²) in [5.41, 5.74) is 6.91. The largest absolute Gasteiger partial charge is 0.497 e. The van der Waals surface area contributed by atoms with Gasteiger partial charge < -0.3 is 20.3 Å². The quantitative estimate of drug-likeness (QED) is 0.902. The molecule has 0 spiro atoms. The highest BCUT2D eigenvalue weighted by Crippen LogP contribution is 2.37. The second-order valence-corrected chi connectivity index (χ2v) is 6.70. The number of ether oxygens (including phenoxy) is 1. The van der Waals surface area contributed by atoms with Crippen LogP contribution in [-0.2, 0) is 9.59 Å². The maximum atomic E-state index is 13.0. The highest BCUT2D eigenvalue weighted by Gasteiger charge is 2.41. The van der Waals surface area contributed by atoms with E-state index in [1.807, 2.05) is 29.2 Å². The molecule has 2 aliphatic heterocycles. The fourth-order valence-corrected chi connectivity index (χ4v) is 3.78. The lowest BCUT2D eigenvalue weighted by molar-refractivity contribution is -0.146. The van der Waals surface area contributed by atoms with Crippen molar-refractivity contribution >= 4 is 11.8 Å². The summed E-state index contributed by atoms with van der Waals surface area (Å²) in [6.45, 7) is 1.33. The molecule has 0 aliphatic carbocycles. The molecule has 1 aromatic carbocycles. The molecule has 130 valence electrons. The van der Waals surface area contributed by atoms with Gasteiger partial charge in [-0.05, 0) is 30.5 Å². The smallest absolute Gasteiger partial charge is 0.228 e. The van der Waals surface area contributed by atoms with Gasteiger partial charge in [0.05, 0.1) is 19.1 Å². The van der Waals surface area contributed by atoms with Crippen LogP contribution in [0.4, 0.5) is 0 Å². The van der Waals surface area contributed by atoms with Crippen LogP contribution < -0.4 is 10.5 Å². The minimum atomic E-state index is -0.235. The van der Waals surface area contributed by atoms with E-state index in [1.165, 1.54) is 0 Å². The Morgan fingerprint density at radius 1 is 1.25 bits per heavy atom. The summed E-state index contributed by atoms with van der Waals surface area (Å²) in [6, 6.07) is 7.45. The van der Waals surface area contributed by atoms with E-state index < -0.39 is 0 Å². The first-order valence-electron chi connectivity index (χ1n) is 8.45. The predicted molar refractivity (Wildman–Crippen MR) is 90.4 cm³/mol. The molecule has 2 N–H and O–H groups in total. The molecule has 3 atom stereocenters. The molecule has 0 bridgehead atoms. The Kier molecular flexibility index (Phi) is 4.76. The van der Waals surface area contributed by atoms with E-state index in [4.69, 9.17) is 10.5 Å². The number of nitrogens with two attached hydrogens (primary N) is 1. The number of carbonyl (C=O) groups excluding carboxylic acids is 2. The van der Waals surface area contributed by atoms with Crippen molar-refractivity contribution in [2.24, 2.45) is 11.7 Å². The van der Waals surface area contributed by atoms with Crippen LogP contribution in [0.1, 0.15) is 30.9 Å². The summed E-state index contributed by atoms with van der Waals surface area (Å²) in [7, 11) is 3.40. The first-order valence-corrected chi connectivity index (χ1v) is 8.45. The molecule has 6 heteroatoms. The van der Waals surface area contributed by atoms with Crippen LogP contribution in [0.3, 0.4) is 0 Å². The van der Waals surface area contributed by atoms with Crippen LogP contribution in [0, 0.1) is 5.92 Å². The Hall–Kier alpha value is -2.08. The molecule has 24 heavy (non-hydrogen) atoms. The fourth-order valence-electron chi connectivity index (χ4n) is 3.78. The third-order valence-electron chi connectivity index (χ3n) is 5.17. The topological polar surface area (TPSA) is 75.9 Å². The summed E-state index contributed by atoms with van der Waals surface area (Å²) in [5.74, 6) is 0.740. The zero-order valence-corrected chi connectivity index (χ0v) is 14.3. The Labute approximate surface area is 142 Å². The van der Waals surface area contributed by atoms with E-state index in [-0.39, 0.29) is 29.8 Å². The third-order valence-corrected chi connectivity index (χ3v) is 5.17. The van der Waals surface area contributed by atoms with Gasteiger partial charge in [0.2, 0.25) is 11.8 Å². The van der Waals surface area contributed by atoms with Gasteiger partial charge in [0.25, 0.3) is 0 Å². The minimum Gasteiger partial charge on any atom is -0.497 e. The maximum absolute atomic E-state index is 13.0. The van der Waals surface area contributed by atoms with Crippen LogP contribution >= 0.6 is 0 Å². The molecule has 2 amide bonds. The number of hydrogen-bond donors (Lipinski definition) is 1. The first kappa shape index (κ1) is 16.8. The lowest BCUT2D eigenvalue weighted by Gasteiger charge is -2.40. The van der Waals surface area contributed by atoms with Crippen LogP contribution in [0.25, 0.3) is 0 Å². The number of benzene rings is 1. The molecule has 2 fully saturated rings. The molecular weight excluding hydrogens is 306 g/mol. The molecule has 0 aromatic heterocycles. The number of likely N-dealkylation sites (tertiary alicyclic amines) is 2. The van der Waals surface area contributed by atoms with Crippen molar-refractivity contribution in [3.05, 3.63) is 29.8 Å². The van der Waals surface area contributed by atoms with E-state index in [0.29, 0.717) is 25.9 Å². The van der Waals surface area contributed by atoms with Gasteiger partial charge in [-0.3, -0.25) is 9.59 Å². The molecule has 0 saturated carbocycles. The van der Waals surface area contributed by atoms with E-state index in [9.17, 15) is 9.59 Å². The number of methoxy groups -OCH3 is 1. The standard InChI is InChI=1S/C18H25N3O3/c1-20-16(22)8-7-15(18(23)21-10-9-13(19)11-21)17(20)12-3-5-14(24-2)6-4-12/h3-6,13,15,17H,7-11,19H2,1-2H3/t13-,15?,17?/m1/s1. The van der Waals surface area contributed by atoms with E-state index in [1.54, 1.807) is 19.1 Å². The number of hydrogen-bond acceptors (Lipinski definition) is 4. The van der Waals surface area contributed by atoms with Gasteiger partial charge in [-0.2, -0.15) is 0 Å². The maximum Gasteiger partial charge on any atom is 0.228 e. The molecule has 2 heterocycles. The number of amides is 2. The van der Waals surface area contributed by atoms with Crippen molar-refractivity contribution in [1.82, 2.24) is 9.80 Å². The van der Waals surface area contributed by atoms with Crippen molar-refractivity contribution < 1.29 is 14.3 Å². The number of nitrogens with zero attached hydrogens (tertiary/aromatic N) is 2. The van der Waals surface area contributed by atoms with E-state index in [2.05, 4.69) is 0 Å². The third kappa shape index (κ3) is 3.11. The average Bonchev–Trinajstić information content (AvgIpc) is 3.03. The van der Waals surface area contributed by atoms with E-state index in [0.717, 1.165) is 17.7 Å². The van der Waals surface area contributed by atoms with Gasteiger partial charge in [0, 0.05) is 32.6 Å². The van der Waals surface area contributed by atoms with Gasteiger partial charge in [0.15, 0.2) is 0 Å². The van der Waals surface area contributed by atoms with Crippen molar-refractivity contribution in [2.75, 3.05) is 27.2 Å². The van der Waals surface area contributed by atoms with Crippen molar-refractivity contribution in [1.29, 1.82) is 0 Å². The normalized spacial score (nSPS) is 27.5. The highest BCUT2D eigenvalue weighted by atomic mass is 16.5. The summed E-state index contributed by atoms with van der Waals surface area (Å²) in [5, 5.41) is 0. The SMILES string of the molecule is COc1ccc(C2C(C(=O)N3CC[C@@H](N)C3)CCC(=O)N2C)cc1. The van der Waals surface area contributed by atoms with Crippen molar-refractivity contribution in [2.45, 2.75) is 31.3 Å².